The van der Waals surface area contributed by atoms with Crippen LogP contribution in [0.4, 0.5) is 10.5 Å². The SMILES string of the molecule is CCCN1C(=O)C(CC(C)C)NC(=O)C12CCN(C(=O)Nc1cc(C(=O)OC)cc(C(=O)OC)c1)CC2. The van der Waals surface area contributed by atoms with Gasteiger partial charge in [-0.2, -0.15) is 0 Å². The number of carbonyl (C=O) groups excluding carboxylic acids is 5. The Morgan fingerprint density at radius 3 is 2.11 bits per heavy atom. The van der Waals surface area contributed by atoms with Crippen molar-refractivity contribution in [2.75, 3.05) is 39.2 Å². The number of likely N-dealkylation sites (tertiary alicyclic amines) is 1. The van der Waals surface area contributed by atoms with E-state index in [9.17, 15) is 24.0 Å². The number of benzene rings is 1. The Kier molecular flexibility index (Phi) is 8.77. The lowest BCUT2D eigenvalue weighted by molar-refractivity contribution is -0.161. The third-order valence-corrected chi connectivity index (χ3v) is 6.87. The first-order chi connectivity index (χ1) is 17.6. The highest BCUT2D eigenvalue weighted by molar-refractivity contribution is 6.01. The Hall–Kier alpha value is -3.63. The van der Waals surface area contributed by atoms with Crippen LogP contribution in [0, 0.1) is 5.92 Å². The summed E-state index contributed by atoms with van der Waals surface area (Å²) in [6.45, 7) is 6.98. The van der Waals surface area contributed by atoms with E-state index >= 15 is 0 Å². The van der Waals surface area contributed by atoms with Crippen molar-refractivity contribution in [3.8, 4) is 0 Å². The average Bonchev–Trinajstić information content (AvgIpc) is 2.88. The first-order valence-electron chi connectivity index (χ1n) is 12.6. The molecule has 2 aliphatic rings. The highest BCUT2D eigenvalue weighted by Gasteiger charge is 2.53. The number of nitrogens with zero attached hydrogens (tertiary/aromatic N) is 2. The molecule has 1 atom stereocenters. The molecule has 2 fully saturated rings. The van der Waals surface area contributed by atoms with Crippen molar-refractivity contribution in [3.05, 3.63) is 29.3 Å². The summed E-state index contributed by atoms with van der Waals surface area (Å²) in [5.74, 6) is -1.31. The largest absolute Gasteiger partial charge is 0.465 e. The number of anilines is 1. The summed E-state index contributed by atoms with van der Waals surface area (Å²) in [5, 5.41) is 5.66. The molecule has 1 aromatic rings. The normalized spacial score (nSPS) is 19.0. The second-order valence-electron chi connectivity index (χ2n) is 9.88. The van der Waals surface area contributed by atoms with Crippen LogP contribution in [0.15, 0.2) is 18.2 Å². The fraction of sp³-hybridized carbons (Fsp3) is 0.577. The van der Waals surface area contributed by atoms with Gasteiger partial charge in [0.25, 0.3) is 0 Å². The van der Waals surface area contributed by atoms with Gasteiger partial charge in [-0.3, -0.25) is 9.59 Å². The highest BCUT2D eigenvalue weighted by Crippen LogP contribution is 2.34. The quantitative estimate of drug-likeness (QED) is 0.532. The number of ether oxygens (including phenoxy) is 2. The van der Waals surface area contributed by atoms with Gasteiger partial charge in [0.15, 0.2) is 0 Å². The van der Waals surface area contributed by atoms with Crippen molar-refractivity contribution in [3.63, 3.8) is 0 Å². The number of hydrogen-bond acceptors (Lipinski definition) is 7. The smallest absolute Gasteiger partial charge is 0.337 e. The third-order valence-electron chi connectivity index (χ3n) is 6.87. The van der Waals surface area contributed by atoms with Crippen molar-refractivity contribution in [2.45, 2.75) is 58.0 Å². The summed E-state index contributed by atoms with van der Waals surface area (Å²) in [6, 6.07) is 3.16. The number of piperidine rings is 1. The lowest BCUT2D eigenvalue weighted by Crippen LogP contribution is -2.73. The molecule has 0 aromatic heterocycles. The molecule has 2 heterocycles. The average molecular weight is 517 g/mol. The number of rotatable bonds is 7. The molecule has 1 aromatic carbocycles. The molecule has 0 aliphatic carbocycles. The van der Waals surface area contributed by atoms with Crippen LogP contribution in [0.1, 0.15) is 67.2 Å². The molecule has 0 radical (unpaired) electrons. The minimum absolute atomic E-state index is 0.0667. The van der Waals surface area contributed by atoms with Gasteiger partial charge in [-0.15, -0.1) is 0 Å². The summed E-state index contributed by atoms with van der Waals surface area (Å²) < 4.78 is 9.48. The molecule has 2 N–H and O–H groups in total. The highest BCUT2D eigenvalue weighted by atomic mass is 16.5. The zero-order chi connectivity index (χ0) is 27.3. The monoisotopic (exact) mass is 516 g/mol. The van der Waals surface area contributed by atoms with E-state index in [0.29, 0.717) is 25.8 Å². The molecule has 202 valence electrons. The molecule has 0 saturated carbocycles. The Morgan fingerprint density at radius 2 is 1.62 bits per heavy atom. The van der Waals surface area contributed by atoms with Crippen molar-refractivity contribution in [1.29, 1.82) is 0 Å². The summed E-state index contributed by atoms with van der Waals surface area (Å²) in [5.41, 5.74) is -0.591. The lowest BCUT2D eigenvalue weighted by atomic mass is 9.81. The fourth-order valence-corrected chi connectivity index (χ4v) is 5.01. The third kappa shape index (κ3) is 5.86. The van der Waals surface area contributed by atoms with E-state index in [1.165, 1.54) is 32.4 Å². The number of nitrogens with one attached hydrogen (secondary N) is 2. The standard InChI is InChI=1S/C26H36N4O7/c1-6-9-30-21(31)20(12-16(2)3)28-24(34)26(30)7-10-29(11-8-26)25(35)27-19-14-17(22(32)36-4)13-18(15-19)23(33)37-5/h13-16,20H,6-12H2,1-5H3,(H,27,35)(H,28,34). The first-order valence-corrected chi connectivity index (χ1v) is 12.6. The van der Waals surface area contributed by atoms with Crippen LogP contribution in [0.5, 0.6) is 0 Å². The van der Waals surface area contributed by atoms with E-state index in [-0.39, 0.29) is 47.6 Å². The maximum absolute atomic E-state index is 13.3. The van der Waals surface area contributed by atoms with Gasteiger partial charge in [0.05, 0.1) is 25.3 Å². The molecule has 2 aliphatic heterocycles. The molecule has 11 nitrogen and oxygen atoms in total. The van der Waals surface area contributed by atoms with E-state index in [0.717, 1.165) is 6.42 Å². The van der Waals surface area contributed by atoms with E-state index in [4.69, 9.17) is 9.47 Å². The Bertz CT molecular complexity index is 1030. The minimum atomic E-state index is -0.986. The van der Waals surface area contributed by atoms with Crippen molar-refractivity contribution in [2.24, 2.45) is 5.92 Å². The molecular formula is C26H36N4O7. The van der Waals surface area contributed by atoms with Gasteiger partial charge < -0.3 is 29.9 Å². The second-order valence-corrected chi connectivity index (χ2v) is 9.88. The molecule has 3 rings (SSSR count). The Morgan fingerprint density at radius 1 is 1.05 bits per heavy atom. The van der Waals surface area contributed by atoms with Crippen LogP contribution in [0.3, 0.4) is 0 Å². The molecular weight excluding hydrogens is 480 g/mol. The van der Waals surface area contributed by atoms with Crippen LogP contribution in [-0.2, 0) is 19.1 Å². The Labute approximate surface area is 216 Å². The minimum Gasteiger partial charge on any atom is -0.465 e. The van der Waals surface area contributed by atoms with E-state index in [2.05, 4.69) is 10.6 Å². The van der Waals surface area contributed by atoms with Crippen molar-refractivity contribution in [1.82, 2.24) is 15.1 Å². The van der Waals surface area contributed by atoms with Gasteiger partial charge >= 0.3 is 18.0 Å². The molecule has 2 saturated heterocycles. The molecule has 4 amide bonds. The molecule has 37 heavy (non-hydrogen) atoms. The molecule has 0 bridgehead atoms. The van der Waals surface area contributed by atoms with Gasteiger partial charge in [-0.25, -0.2) is 14.4 Å². The molecule has 1 spiro atoms. The molecule has 11 heteroatoms. The van der Waals surface area contributed by atoms with Gasteiger partial charge in [0.2, 0.25) is 11.8 Å². The van der Waals surface area contributed by atoms with Gasteiger partial charge in [0.1, 0.15) is 11.6 Å². The first kappa shape index (κ1) is 27.9. The molecule has 1 unspecified atom stereocenters. The summed E-state index contributed by atoms with van der Waals surface area (Å²) in [7, 11) is 2.43. The number of urea groups is 1. The predicted octanol–water partition coefficient (Wildman–Crippen LogP) is 2.41. The van der Waals surface area contributed by atoms with Gasteiger partial charge in [0, 0.05) is 25.3 Å². The van der Waals surface area contributed by atoms with Crippen LogP contribution in [0.25, 0.3) is 0 Å². The predicted molar refractivity (Wildman–Crippen MR) is 135 cm³/mol. The zero-order valence-corrected chi connectivity index (χ0v) is 22.1. The lowest BCUT2D eigenvalue weighted by Gasteiger charge is -2.51. The number of carbonyl (C=O) groups is 5. The number of amides is 4. The van der Waals surface area contributed by atoms with Crippen molar-refractivity contribution >= 4 is 35.5 Å². The van der Waals surface area contributed by atoms with E-state index < -0.39 is 29.6 Å². The topological polar surface area (TPSA) is 134 Å². The van der Waals surface area contributed by atoms with Crippen molar-refractivity contribution < 1.29 is 33.4 Å². The van der Waals surface area contributed by atoms with E-state index in [1.807, 2.05) is 20.8 Å². The summed E-state index contributed by atoms with van der Waals surface area (Å²) in [6.07, 6.45) is 1.91. The number of hydrogen-bond donors (Lipinski definition) is 2. The summed E-state index contributed by atoms with van der Waals surface area (Å²) in [4.78, 5) is 67.0. The van der Waals surface area contributed by atoms with Crippen LogP contribution < -0.4 is 10.6 Å². The van der Waals surface area contributed by atoms with Crippen LogP contribution in [-0.4, -0.2) is 85.0 Å². The fourth-order valence-electron chi connectivity index (χ4n) is 5.01. The number of piperazine rings is 1. The van der Waals surface area contributed by atoms with Gasteiger partial charge in [-0.05, 0) is 49.8 Å². The van der Waals surface area contributed by atoms with Crippen LogP contribution >= 0.6 is 0 Å². The van der Waals surface area contributed by atoms with Gasteiger partial charge in [-0.1, -0.05) is 20.8 Å². The van der Waals surface area contributed by atoms with E-state index in [1.54, 1.807) is 9.80 Å². The number of esters is 2. The number of methoxy groups -OCH3 is 2. The maximum Gasteiger partial charge on any atom is 0.337 e. The zero-order valence-electron chi connectivity index (χ0n) is 22.1. The Balaban J connectivity index is 1.75. The maximum atomic E-state index is 13.3. The van der Waals surface area contributed by atoms with Crippen LogP contribution in [0.2, 0.25) is 0 Å². The summed E-state index contributed by atoms with van der Waals surface area (Å²) >= 11 is 0. The second kappa shape index (κ2) is 11.6.